The Morgan fingerprint density at radius 3 is 1.70 bits per heavy atom. The summed E-state index contributed by atoms with van der Waals surface area (Å²) >= 11 is 0. The van der Waals surface area contributed by atoms with E-state index in [1.807, 2.05) is 0 Å². The highest BCUT2D eigenvalue weighted by atomic mass is 16.6. The third kappa shape index (κ3) is 0.769. The van der Waals surface area contributed by atoms with E-state index < -0.39 is 0 Å². The Balaban J connectivity index is 2.09. The molecule has 0 amide bonds. The summed E-state index contributed by atoms with van der Waals surface area (Å²) < 4.78 is 10.7. The molecule has 58 valence electrons. The van der Waals surface area contributed by atoms with Gasteiger partial charge < -0.3 is 20.9 Å². The lowest BCUT2D eigenvalue weighted by Crippen LogP contribution is -2.39. The average molecular weight is 144 g/mol. The number of fused-ring (bicyclic) bond motifs is 1. The summed E-state index contributed by atoms with van der Waals surface area (Å²) in [4.78, 5) is 0. The summed E-state index contributed by atoms with van der Waals surface area (Å²) in [6.07, 6.45) is 0.102. The van der Waals surface area contributed by atoms with Crippen molar-refractivity contribution in [1.82, 2.24) is 0 Å². The van der Waals surface area contributed by atoms with E-state index in [0.29, 0.717) is 13.2 Å². The molecule has 0 aliphatic carbocycles. The molecule has 0 spiro atoms. The second-order valence-electron chi connectivity index (χ2n) is 2.92. The van der Waals surface area contributed by atoms with Gasteiger partial charge in [-0.3, -0.25) is 0 Å². The van der Waals surface area contributed by atoms with E-state index >= 15 is 0 Å². The zero-order valence-electron chi connectivity index (χ0n) is 5.69. The molecule has 4 heteroatoms. The van der Waals surface area contributed by atoms with Crippen molar-refractivity contribution in [3.8, 4) is 0 Å². The lowest BCUT2D eigenvalue weighted by atomic mass is 10.1. The molecule has 0 aromatic carbocycles. The first-order chi connectivity index (χ1) is 4.79. The van der Waals surface area contributed by atoms with E-state index in [9.17, 15) is 0 Å². The molecule has 4 atom stereocenters. The Morgan fingerprint density at radius 1 is 0.900 bits per heavy atom. The maximum Gasteiger partial charge on any atom is 0.103 e. The molecule has 0 aromatic heterocycles. The summed E-state index contributed by atoms with van der Waals surface area (Å²) in [6, 6.07) is 0.0529. The summed E-state index contributed by atoms with van der Waals surface area (Å²) in [6.45, 7) is 1.17. The van der Waals surface area contributed by atoms with Crippen molar-refractivity contribution in [3.63, 3.8) is 0 Å². The van der Waals surface area contributed by atoms with E-state index in [1.165, 1.54) is 0 Å². The zero-order chi connectivity index (χ0) is 7.14. The fraction of sp³-hybridized carbons (Fsp3) is 1.00. The van der Waals surface area contributed by atoms with Gasteiger partial charge in [0.05, 0.1) is 25.3 Å². The van der Waals surface area contributed by atoms with E-state index in [2.05, 4.69) is 0 Å². The molecule has 2 heterocycles. The van der Waals surface area contributed by atoms with E-state index in [4.69, 9.17) is 20.9 Å². The first-order valence-electron chi connectivity index (χ1n) is 3.53. The largest absolute Gasteiger partial charge is 0.372 e. The fourth-order valence-corrected chi connectivity index (χ4v) is 1.56. The van der Waals surface area contributed by atoms with E-state index in [-0.39, 0.29) is 24.3 Å². The van der Waals surface area contributed by atoms with Gasteiger partial charge in [-0.1, -0.05) is 0 Å². The van der Waals surface area contributed by atoms with Crippen LogP contribution in [-0.2, 0) is 9.47 Å². The van der Waals surface area contributed by atoms with Gasteiger partial charge in [0, 0.05) is 0 Å². The molecule has 2 fully saturated rings. The highest BCUT2D eigenvalue weighted by molar-refractivity contribution is 4.97. The summed E-state index contributed by atoms with van der Waals surface area (Å²) in [5.41, 5.74) is 11.4. The Morgan fingerprint density at radius 2 is 1.30 bits per heavy atom. The minimum atomic E-state index is 0.0264. The molecule has 10 heavy (non-hydrogen) atoms. The predicted octanol–water partition coefficient (Wildman–Crippen LogP) is -1.56. The van der Waals surface area contributed by atoms with Crippen LogP contribution >= 0.6 is 0 Å². The summed E-state index contributed by atoms with van der Waals surface area (Å²) in [7, 11) is 0. The minimum Gasteiger partial charge on any atom is -0.372 e. The molecule has 0 unspecified atom stereocenters. The second kappa shape index (κ2) is 2.17. The monoisotopic (exact) mass is 144 g/mol. The van der Waals surface area contributed by atoms with Crippen molar-refractivity contribution in [2.24, 2.45) is 11.5 Å². The number of hydrogen-bond acceptors (Lipinski definition) is 4. The van der Waals surface area contributed by atoms with Gasteiger partial charge in [0.2, 0.25) is 0 Å². The first kappa shape index (κ1) is 6.54. The molecule has 2 saturated heterocycles. The maximum atomic E-state index is 5.68. The average Bonchev–Trinajstić information content (AvgIpc) is 2.41. The van der Waals surface area contributed by atoms with Crippen LogP contribution in [0.3, 0.4) is 0 Å². The molecule has 0 radical (unpaired) electrons. The Hall–Kier alpha value is -0.160. The smallest absolute Gasteiger partial charge is 0.103 e. The lowest BCUT2D eigenvalue weighted by molar-refractivity contribution is 0.0691. The van der Waals surface area contributed by atoms with Crippen molar-refractivity contribution in [3.05, 3.63) is 0 Å². The van der Waals surface area contributed by atoms with Crippen molar-refractivity contribution < 1.29 is 9.47 Å². The molecule has 4 nitrogen and oxygen atoms in total. The van der Waals surface area contributed by atoms with Crippen LogP contribution in [0.4, 0.5) is 0 Å². The molecule has 0 bridgehead atoms. The van der Waals surface area contributed by atoms with Crippen LogP contribution in [0.5, 0.6) is 0 Å². The highest BCUT2D eigenvalue weighted by Gasteiger charge is 2.44. The molecule has 0 aromatic rings. The lowest BCUT2D eigenvalue weighted by Gasteiger charge is -2.10. The van der Waals surface area contributed by atoms with E-state index in [0.717, 1.165) is 0 Å². The van der Waals surface area contributed by atoms with Gasteiger partial charge in [0.25, 0.3) is 0 Å². The van der Waals surface area contributed by atoms with Gasteiger partial charge in [-0.15, -0.1) is 0 Å². The van der Waals surface area contributed by atoms with Gasteiger partial charge in [-0.05, 0) is 0 Å². The van der Waals surface area contributed by atoms with Crippen LogP contribution in [0.25, 0.3) is 0 Å². The normalized spacial score (nSPS) is 53.4. The molecule has 4 N–H and O–H groups in total. The van der Waals surface area contributed by atoms with Crippen molar-refractivity contribution >= 4 is 0 Å². The third-order valence-corrected chi connectivity index (χ3v) is 2.13. The van der Waals surface area contributed by atoms with Gasteiger partial charge in [-0.2, -0.15) is 0 Å². The van der Waals surface area contributed by atoms with Crippen LogP contribution in [-0.4, -0.2) is 37.5 Å². The number of ether oxygens (including phenoxy) is 2. The molecular formula is C6H12N2O2. The minimum absolute atomic E-state index is 0.0264. The predicted molar refractivity (Wildman–Crippen MR) is 35.4 cm³/mol. The number of hydrogen-bond donors (Lipinski definition) is 2. The van der Waals surface area contributed by atoms with Crippen molar-refractivity contribution in [2.75, 3.05) is 13.2 Å². The quantitative estimate of drug-likeness (QED) is 0.431. The molecule has 0 saturated carbocycles. The van der Waals surface area contributed by atoms with Crippen LogP contribution in [0, 0.1) is 0 Å². The maximum absolute atomic E-state index is 5.68. The van der Waals surface area contributed by atoms with Crippen LogP contribution < -0.4 is 11.5 Å². The SMILES string of the molecule is N[C@@H]1CO[C@H]2[C@H]1OC[C@H]2N. The molecule has 2 aliphatic heterocycles. The van der Waals surface area contributed by atoms with Gasteiger partial charge in [-0.25, -0.2) is 0 Å². The standard InChI is InChI=1S/C6H12N2O2/c7-3-1-9-6-4(8)2-10-5(3)6/h3-6H,1-2,7-8H2/t3-,4-,5-,6+/m1/s1. The summed E-state index contributed by atoms with van der Waals surface area (Å²) in [5.74, 6) is 0. The Bertz CT molecular complexity index is 126. The number of nitrogens with two attached hydrogens (primary N) is 2. The van der Waals surface area contributed by atoms with E-state index in [1.54, 1.807) is 0 Å². The fourth-order valence-electron chi connectivity index (χ4n) is 1.56. The summed E-state index contributed by atoms with van der Waals surface area (Å²) in [5, 5.41) is 0. The Kier molecular flexibility index (Phi) is 1.42. The van der Waals surface area contributed by atoms with Crippen LogP contribution in [0.15, 0.2) is 0 Å². The molecular weight excluding hydrogens is 132 g/mol. The molecule has 2 aliphatic rings. The van der Waals surface area contributed by atoms with Gasteiger partial charge in [0.15, 0.2) is 0 Å². The first-order valence-corrected chi connectivity index (χ1v) is 3.53. The highest BCUT2D eigenvalue weighted by Crippen LogP contribution is 2.24. The van der Waals surface area contributed by atoms with Gasteiger partial charge in [0.1, 0.15) is 12.2 Å². The number of rotatable bonds is 0. The topological polar surface area (TPSA) is 70.5 Å². The van der Waals surface area contributed by atoms with Crippen molar-refractivity contribution in [1.29, 1.82) is 0 Å². The van der Waals surface area contributed by atoms with Gasteiger partial charge >= 0.3 is 0 Å². The Labute approximate surface area is 59.5 Å². The van der Waals surface area contributed by atoms with Crippen LogP contribution in [0.1, 0.15) is 0 Å². The second-order valence-corrected chi connectivity index (χ2v) is 2.92. The third-order valence-electron chi connectivity index (χ3n) is 2.13. The van der Waals surface area contributed by atoms with Crippen molar-refractivity contribution in [2.45, 2.75) is 24.3 Å². The zero-order valence-corrected chi connectivity index (χ0v) is 5.69. The molecule has 2 rings (SSSR count). The van der Waals surface area contributed by atoms with Crippen LogP contribution in [0.2, 0.25) is 0 Å².